The minimum atomic E-state index is -0.384. The molecule has 100 valence electrons. The van der Waals surface area contributed by atoms with Crippen molar-refractivity contribution in [1.82, 2.24) is 15.5 Å². The fourth-order valence-corrected chi connectivity index (χ4v) is 1.68. The number of carbonyl (C=O) groups excluding carboxylic acids is 1. The third-order valence-electron chi connectivity index (χ3n) is 2.78. The zero-order valence-corrected chi connectivity index (χ0v) is 10.7. The molecule has 0 saturated heterocycles. The molecule has 0 aliphatic carbocycles. The molecule has 0 aliphatic rings. The van der Waals surface area contributed by atoms with Crippen LogP contribution in [0.2, 0.25) is 0 Å². The summed E-state index contributed by atoms with van der Waals surface area (Å²) >= 11 is 0. The molecule has 6 nitrogen and oxygen atoms in total. The van der Waals surface area contributed by atoms with Gasteiger partial charge in [0.15, 0.2) is 0 Å². The standard InChI is InChI=1S/C13H16N4O2/c1-15-12(18)11-16-13(19-17-11)10(14)8-7-9-5-3-2-4-6-9/h2-6,10H,7-8,14H2,1H3,(H,15,18). The van der Waals surface area contributed by atoms with E-state index in [0.29, 0.717) is 6.42 Å². The summed E-state index contributed by atoms with van der Waals surface area (Å²) in [7, 11) is 1.51. The number of aryl methyl sites for hydroxylation is 1. The smallest absolute Gasteiger partial charge is 0.292 e. The van der Waals surface area contributed by atoms with Crippen molar-refractivity contribution < 1.29 is 9.32 Å². The van der Waals surface area contributed by atoms with Crippen molar-refractivity contribution in [1.29, 1.82) is 0 Å². The Balaban J connectivity index is 1.94. The molecular formula is C13H16N4O2. The first kappa shape index (κ1) is 13.2. The maximum Gasteiger partial charge on any atom is 0.292 e. The fourth-order valence-electron chi connectivity index (χ4n) is 1.68. The largest absolute Gasteiger partial charge is 0.352 e. The first-order valence-corrected chi connectivity index (χ1v) is 6.06. The van der Waals surface area contributed by atoms with Crippen LogP contribution in [0.3, 0.4) is 0 Å². The van der Waals surface area contributed by atoms with Crippen LogP contribution in [0.1, 0.15) is 34.5 Å². The van der Waals surface area contributed by atoms with E-state index >= 15 is 0 Å². The minimum Gasteiger partial charge on any atom is -0.352 e. The second kappa shape index (κ2) is 6.10. The van der Waals surface area contributed by atoms with Crippen molar-refractivity contribution in [2.75, 3.05) is 7.05 Å². The lowest BCUT2D eigenvalue weighted by Crippen LogP contribution is -2.19. The number of hydrogen-bond donors (Lipinski definition) is 2. The Hall–Kier alpha value is -2.21. The summed E-state index contributed by atoms with van der Waals surface area (Å²) in [6.45, 7) is 0. The van der Waals surface area contributed by atoms with Crippen molar-refractivity contribution in [3.8, 4) is 0 Å². The van der Waals surface area contributed by atoms with E-state index in [1.807, 2.05) is 30.3 Å². The monoisotopic (exact) mass is 260 g/mol. The molecule has 0 radical (unpaired) electrons. The molecular weight excluding hydrogens is 244 g/mol. The molecule has 1 aromatic carbocycles. The highest BCUT2D eigenvalue weighted by Crippen LogP contribution is 2.15. The summed E-state index contributed by atoms with van der Waals surface area (Å²) in [6.07, 6.45) is 1.50. The molecule has 2 aromatic rings. The lowest BCUT2D eigenvalue weighted by molar-refractivity contribution is 0.0950. The van der Waals surface area contributed by atoms with Crippen LogP contribution in [0.5, 0.6) is 0 Å². The summed E-state index contributed by atoms with van der Waals surface area (Å²) < 4.78 is 4.99. The van der Waals surface area contributed by atoms with Crippen LogP contribution in [0.15, 0.2) is 34.9 Å². The van der Waals surface area contributed by atoms with Gasteiger partial charge in [-0.3, -0.25) is 4.79 Å². The quantitative estimate of drug-likeness (QED) is 0.838. The molecule has 1 aromatic heterocycles. The van der Waals surface area contributed by atoms with E-state index in [1.165, 1.54) is 12.6 Å². The second-order valence-electron chi connectivity index (χ2n) is 4.17. The van der Waals surface area contributed by atoms with Crippen molar-refractivity contribution in [3.05, 3.63) is 47.6 Å². The zero-order valence-electron chi connectivity index (χ0n) is 10.7. The number of hydrogen-bond acceptors (Lipinski definition) is 5. The molecule has 6 heteroatoms. The molecule has 1 heterocycles. The molecule has 3 N–H and O–H groups in total. The van der Waals surface area contributed by atoms with Gasteiger partial charge < -0.3 is 15.6 Å². The molecule has 0 spiro atoms. The van der Waals surface area contributed by atoms with Gasteiger partial charge in [-0.25, -0.2) is 0 Å². The number of nitrogens with one attached hydrogen (secondary N) is 1. The highest BCUT2D eigenvalue weighted by Gasteiger charge is 2.18. The molecule has 2 rings (SSSR count). The summed E-state index contributed by atoms with van der Waals surface area (Å²) in [5.74, 6) is -0.0903. The number of nitrogens with two attached hydrogens (primary N) is 1. The Kier molecular flexibility index (Phi) is 4.25. The fraction of sp³-hybridized carbons (Fsp3) is 0.308. The van der Waals surface area contributed by atoms with E-state index in [-0.39, 0.29) is 23.7 Å². The van der Waals surface area contributed by atoms with Gasteiger partial charge in [0.2, 0.25) is 5.89 Å². The van der Waals surface area contributed by atoms with Crippen molar-refractivity contribution in [2.24, 2.45) is 5.73 Å². The van der Waals surface area contributed by atoms with E-state index in [9.17, 15) is 4.79 Å². The molecule has 1 unspecified atom stereocenters. The van der Waals surface area contributed by atoms with Gasteiger partial charge in [0.05, 0.1) is 6.04 Å². The summed E-state index contributed by atoms with van der Waals surface area (Å²) in [6, 6.07) is 9.64. The SMILES string of the molecule is CNC(=O)c1noc(C(N)CCc2ccccc2)n1. The highest BCUT2D eigenvalue weighted by molar-refractivity contribution is 5.89. The van der Waals surface area contributed by atoms with Gasteiger partial charge in [-0.05, 0) is 18.4 Å². The van der Waals surface area contributed by atoms with Gasteiger partial charge in [0.25, 0.3) is 11.7 Å². The normalized spacial score (nSPS) is 12.1. The number of rotatable bonds is 5. The van der Waals surface area contributed by atoms with Crippen LogP contribution in [0, 0.1) is 0 Å². The van der Waals surface area contributed by atoms with Crippen LogP contribution < -0.4 is 11.1 Å². The van der Waals surface area contributed by atoms with E-state index in [1.54, 1.807) is 0 Å². The van der Waals surface area contributed by atoms with E-state index in [0.717, 1.165) is 6.42 Å². The van der Waals surface area contributed by atoms with Crippen LogP contribution in [0.25, 0.3) is 0 Å². The zero-order chi connectivity index (χ0) is 13.7. The third-order valence-corrected chi connectivity index (χ3v) is 2.78. The first-order chi connectivity index (χ1) is 9.20. The second-order valence-corrected chi connectivity index (χ2v) is 4.17. The van der Waals surface area contributed by atoms with E-state index in [2.05, 4.69) is 15.5 Å². The summed E-state index contributed by atoms with van der Waals surface area (Å²) in [4.78, 5) is 15.3. The van der Waals surface area contributed by atoms with Gasteiger partial charge in [-0.2, -0.15) is 4.98 Å². The summed E-state index contributed by atoms with van der Waals surface area (Å²) in [5.41, 5.74) is 7.17. The van der Waals surface area contributed by atoms with Crippen molar-refractivity contribution in [2.45, 2.75) is 18.9 Å². The molecule has 0 aliphatic heterocycles. The number of benzene rings is 1. The summed E-state index contributed by atoms with van der Waals surface area (Å²) in [5, 5.41) is 6.01. The van der Waals surface area contributed by atoms with Crippen LogP contribution in [0.4, 0.5) is 0 Å². The minimum absolute atomic E-state index is 0.00709. The predicted molar refractivity (Wildman–Crippen MR) is 69.4 cm³/mol. The Morgan fingerprint density at radius 3 is 2.84 bits per heavy atom. The van der Waals surface area contributed by atoms with Gasteiger partial charge in [0.1, 0.15) is 0 Å². The molecule has 1 atom stereocenters. The van der Waals surface area contributed by atoms with Crippen LogP contribution >= 0.6 is 0 Å². The molecule has 1 amide bonds. The van der Waals surface area contributed by atoms with Gasteiger partial charge in [-0.1, -0.05) is 35.5 Å². The molecule has 0 fully saturated rings. The Labute approximate surface area is 111 Å². The molecule has 0 saturated carbocycles. The topological polar surface area (TPSA) is 94.0 Å². The number of nitrogens with zero attached hydrogens (tertiary/aromatic N) is 2. The van der Waals surface area contributed by atoms with Crippen LogP contribution in [-0.2, 0) is 6.42 Å². The van der Waals surface area contributed by atoms with Crippen molar-refractivity contribution in [3.63, 3.8) is 0 Å². The molecule has 19 heavy (non-hydrogen) atoms. The van der Waals surface area contributed by atoms with E-state index in [4.69, 9.17) is 10.3 Å². The Morgan fingerprint density at radius 1 is 1.42 bits per heavy atom. The molecule has 0 bridgehead atoms. The number of amides is 1. The average molecular weight is 260 g/mol. The third kappa shape index (κ3) is 3.38. The lowest BCUT2D eigenvalue weighted by Gasteiger charge is -2.06. The van der Waals surface area contributed by atoms with Gasteiger partial charge >= 0.3 is 0 Å². The first-order valence-electron chi connectivity index (χ1n) is 6.06. The Bertz CT molecular complexity index is 539. The predicted octanol–water partition coefficient (Wildman–Crippen LogP) is 1.06. The average Bonchev–Trinajstić information content (AvgIpc) is 2.95. The highest BCUT2D eigenvalue weighted by atomic mass is 16.5. The van der Waals surface area contributed by atoms with Gasteiger partial charge in [0, 0.05) is 7.05 Å². The van der Waals surface area contributed by atoms with E-state index < -0.39 is 0 Å². The lowest BCUT2D eigenvalue weighted by atomic mass is 10.1. The Morgan fingerprint density at radius 2 is 2.16 bits per heavy atom. The maximum absolute atomic E-state index is 11.3. The van der Waals surface area contributed by atoms with Crippen molar-refractivity contribution >= 4 is 5.91 Å². The number of carbonyl (C=O) groups is 1. The van der Waals surface area contributed by atoms with Gasteiger partial charge in [-0.15, -0.1) is 0 Å². The number of aromatic nitrogens is 2. The maximum atomic E-state index is 11.3. The van der Waals surface area contributed by atoms with Crippen LogP contribution in [-0.4, -0.2) is 23.1 Å².